The number of benzene rings is 2. The van der Waals surface area contributed by atoms with Crippen LogP contribution in [0.15, 0.2) is 59.4 Å². The molecule has 0 aliphatic carbocycles. The van der Waals surface area contributed by atoms with Gasteiger partial charge >= 0.3 is 0 Å². The van der Waals surface area contributed by atoms with E-state index in [0.717, 1.165) is 5.56 Å². The second kappa shape index (κ2) is 8.78. The standard InChI is InChI=1S/C22H20FN5O3/c1-14-7-9-17(10-8-14)30-12-18-15(2)31-27-20(18)21(29)25-22-24-13-28(26-22)11-16-5-3-4-6-19(16)23/h3-10,13H,11-12H2,1-2H3,(H,25,26,29). The van der Waals surface area contributed by atoms with Gasteiger partial charge in [0.05, 0.1) is 12.1 Å². The van der Waals surface area contributed by atoms with Crippen molar-refractivity contribution in [2.75, 3.05) is 5.32 Å². The fourth-order valence-corrected chi connectivity index (χ4v) is 2.92. The third-order valence-electron chi connectivity index (χ3n) is 4.66. The molecule has 31 heavy (non-hydrogen) atoms. The summed E-state index contributed by atoms with van der Waals surface area (Å²) in [7, 11) is 0. The van der Waals surface area contributed by atoms with Gasteiger partial charge in [-0.2, -0.15) is 0 Å². The van der Waals surface area contributed by atoms with Gasteiger partial charge < -0.3 is 9.26 Å². The molecule has 0 aliphatic heterocycles. The van der Waals surface area contributed by atoms with E-state index in [1.165, 1.54) is 17.1 Å². The van der Waals surface area contributed by atoms with Crippen molar-refractivity contribution in [1.82, 2.24) is 19.9 Å². The van der Waals surface area contributed by atoms with Gasteiger partial charge in [0.15, 0.2) is 5.69 Å². The van der Waals surface area contributed by atoms with Gasteiger partial charge in [0.2, 0.25) is 5.95 Å². The molecule has 0 unspecified atom stereocenters. The van der Waals surface area contributed by atoms with Gasteiger partial charge in [-0.1, -0.05) is 41.1 Å². The topological polar surface area (TPSA) is 95.1 Å². The average Bonchev–Trinajstić information content (AvgIpc) is 3.35. The lowest BCUT2D eigenvalue weighted by Gasteiger charge is -2.07. The molecule has 0 saturated heterocycles. The first-order valence-corrected chi connectivity index (χ1v) is 9.58. The third-order valence-corrected chi connectivity index (χ3v) is 4.66. The van der Waals surface area contributed by atoms with Crippen molar-refractivity contribution in [1.29, 1.82) is 0 Å². The quantitative estimate of drug-likeness (QED) is 0.486. The molecule has 4 rings (SSSR count). The van der Waals surface area contributed by atoms with Crippen LogP contribution in [0.25, 0.3) is 0 Å². The Kier molecular flexibility index (Phi) is 5.74. The van der Waals surface area contributed by atoms with Crippen molar-refractivity contribution < 1.29 is 18.4 Å². The van der Waals surface area contributed by atoms with Crippen LogP contribution in [-0.2, 0) is 13.2 Å². The Hall–Kier alpha value is -4.01. The highest BCUT2D eigenvalue weighted by Gasteiger charge is 2.21. The second-order valence-corrected chi connectivity index (χ2v) is 6.98. The van der Waals surface area contributed by atoms with E-state index in [0.29, 0.717) is 22.6 Å². The van der Waals surface area contributed by atoms with Gasteiger partial charge in [-0.3, -0.25) is 10.1 Å². The summed E-state index contributed by atoms with van der Waals surface area (Å²) in [5.74, 6) is 0.372. The molecule has 0 bridgehead atoms. The van der Waals surface area contributed by atoms with Crippen LogP contribution < -0.4 is 10.1 Å². The molecule has 2 heterocycles. The smallest absolute Gasteiger partial charge is 0.280 e. The Morgan fingerprint density at radius 1 is 1.16 bits per heavy atom. The van der Waals surface area contributed by atoms with Crippen LogP contribution in [-0.4, -0.2) is 25.8 Å². The molecule has 8 nitrogen and oxygen atoms in total. The van der Waals surface area contributed by atoms with E-state index in [2.05, 4.69) is 20.6 Å². The summed E-state index contributed by atoms with van der Waals surface area (Å²) in [6.45, 7) is 4.01. The molecule has 158 valence electrons. The molecule has 0 radical (unpaired) electrons. The highest BCUT2D eigenvalue weighted by atomic mass is 19.1. The van der Waals surface area contributed by atoms with E-state index >= 15 is 0 Å². The monoisotopic (exact) mass is 421 g/mol. The number of hydrogen-bond donors (Lipinski definition) is 1. The van der Waals surface area contributed by atoms with Crippen molar-refractivity contribution in [2.24, 2.45) is 0 Å². The van der Waals surface area contributed by atoms with Gasteiger partial charge in [0.1, 0.15) is 30.3 Å². The van der Waals surface area contributed by atoms with Crippen molar-refractivity contribution in [2.45, 2.75) is 27.0 Å². The van der Waals surface area contributed by atoms with E-state index < -0.39 is 5.91 Å². The number of nitrogens with one attached hydrogen (secondary N) is 1. The zero-order chi connectivity index (χ0) is 21.8. The summed E-state index contributed by atoms with van der Waals surface area (Å²) in [6, 6.07) is 14.0. The van der Waals surface area contributed by atoms with Gasteiger partial charge in [0.25, 0.3) is 5.91 Å². The minimum absolute atomic E-state index is 0.0763. The van der Waals surface area contributed by atoms with Crippen LogP contribution in [0.4, 0.5) is 10.3 Å². The first-order valence-electron chi connectivity index (χ1n) is 9.58. The Bertz CT molecular complexity index is 1200. The fourth-order valence-electron chi connectivity index (χ4n) is 2.92. The normalized spacial score (nSPS) is 10.8. The first-order chi connectivity index (χ1) is 15.0. The van der Waals surface area contributed by atoms with Crippen LogP contribution in [0.3, 0.4) is 0 Å². The first kappa shape index (κ1) is 20.3. The fraction of sp³-hybridized carbons (Fsp3) is 0.182. The SMILES string of the molecule is Cc1ccc(OCc2c(C(=O)Nc3ncn(Cc4ccccc4F)n3)noc2C)cc1. The number of carbonyl (C=O) groups excluding carboxylic acids is 1. The lowest BCUT2D eigenvalue weighted by Crippen LogP contribution is -2.16. The van der Waals surface area contributed by atoms with Crippen molar-refractivity contribution in [3.05, 3.63) is 88.8 Å². The average molecular weight is 421 g/mol. The molecule has 0 aliphatic rings. The molecule has 1 amide bonds. The molecule has 4 aromatic rings. The maximum absolute atomic E-state index is 13.8. The van der Waals surface area contributed by atoms with Gasteiger partial charge in [0, 0.05) is 5.56 Å². The molecule has 0 saturated carbocycles. The minimum atomic E-state index is -0.525. The summed E-state index contributed by atoms with van der Waals surface area (Å²) in [5, 5.41) is 10.6. The van der Waals surface area contributed by atoms with Crippen molar-refractivity contribution >= 4 is 11.9 Å². The molecule has 2 aromatic heterocycles. The summed E-state index contributed by atoms with van der Waals surface area (Å²) in [5.41, 5.74) is 2.21. The van der Waals surface area contributed by atoms with Crippen LogP contribution in [0.2, 0.25) is 0 Å². The van der Waals surface area contributed by atoms with E-state index in [9.17, 15) is 9.18 Å². The number of hydrogen-bond acceptors (Lipinski definition) is 6. The van der Waals surface area contributed by atoms with Gasteiger partial charge in [-0.15, -0.1) is 5.10 Å². The number of anilines is 1. The Labute approximate surface area is 177 Å². The molecular weight excluding hydrogens is 401 g/mol. The van der Waals surface area contributed by atoms with E-state index in [1.807, 2.05) is 31.2 Å². The molecule has 1 N–H and O–H groups in total. The number of ether oxygens (including phenoxy) is 1. The third kappa shape index (κ3) is 4.77. The van der Waals surface area contributed by atoms with Crippen LogP contribution in [0, 0.1) is 19.7 Å². The number of rotatable bonds is 7. The number of aryl methyl sites for hydroxylation is 2. The number of nitrogens with zero attached hydrogens (tertiary/aromatic N) is 4. The highest BCUT2D eigenvalue weighted by molar-refractivity contribution is 6.02. The summed E-state index contributed by atoms with van der Waals surface area (Å²) in [6.07, 6.45) is 1.41. The molecule has 0 spiro atoms. The van der Waals surface area contributed by atoms with Gasteiger partial charge in [-0.05, 0) is 32.0 Å². The number of aromatic nitrogens is 4. The Morgan fingerprint density at radius 2 is 1.94 bits per heavy atom. The van der Waals surface area contributed by atoms with Gasteiger partial charge in [-0.25, -0.2) is 14.1 Å². The van der Waals surface area contributed by atoms with Crippen LogP contribution >= 0.6 is 0 Å². The Morgan fingerprint density at radius 3 is 2.71 bits per heavy atom. The Balaban J connectivity index is 1.43. The summed E-state index contributed by atoms with van der Waals surface area (Å²) in [4.78, 5) is 16.7. The molecule has 0 atom stereocenters. The largest absolute Gasteiger partial charge is 0.489 e. The second-order valence-electron chi connectivity index (χ2n) is 6.98. The molecule has 9 heteroatoms. The van der Waals surface area contributed by atoms with E-state index in [-0.39, 0.29) is 30.6 Å². The molecular formula is C22H20FN5O3. The lowest BCUT2D eigenvalue weighted by molar-refractivity contribution is 0.101. The van der Waals surface area contributed by atoms with Crippen LogP contribution in [0.5, 0.6) is 5.75 Å². The number of carbonyl (C=O) groups is 1. The predicted octanol–water partition coefficient (Wildman–Crippen LogP) is 3.90. The summed E-state index contributed by atoms with van der Waals surface area (Å²) >= 11 is 0. The lowest BCUT2D eigenvalue weighted by atomic mass is 10.2. The van der Waals surface area contributed by atoms with E-state index in [4.69, 9.17) is 9.26 Å². The van der Waals surface area contributed by atoms with Crippen LogP contribution in [0.1, 0.15) is 32.9 Å². The zero-order valence-corrected chi connectivity index (χ0v) is 17.0. The number of halogens is 1. The maximum Gasteiger partial charge on any atom is 0.280 e. The predicted molar refractivity (Wildman–Crippen MR) is 110 cm³/mol. The molecule has 2 aromatic carbocycles. The minimum Gasteiger partial charge on any atom is -0.489 e. The molecule has 0 fully saturated rings. The van der Waals surface area contributed by atoms with Crippen molar-refractivity contribution in [3.63, 3.8) is 0 Å². The maximum atomic E-state index is 13.8. The summed E-state index contributed by atoms with van der Waals surface area (Å²) < 4.78 is 26.2. The zero-order valence-electron chi connectivity index (χ0n) is 17.0. The highest BCUT2D eigenvalue weighted by Crippen LogP contribution is 2.19. The number of amides is 1. The van der Waals surface area contributed by atoms with E-state index in [1.54, 1.807) is 25.1 Å². The van der Waals surface area contributed by atoms with Crippen molar-refractivity contribution in [3.8, 4) is 5.75 Å².